The molecule has 4 N–H and O–H groups in total. The molecular weight excluding hydrogens is 334 g/mol. The second-order valence-corrected chi connectivity index (χ2v) is 6.54. The third kappa shape index (κ3) is 4.66. The number of hydrogen-bond acceptors (Lipinski definition) is 6. The van der Waals surface area contributed by atoms with Crippen LogP contribution in [0.4, 0.5) is 5.69 Å². The Morgan fingerprint density at radius 2 is 2.00 bits per heavy atom. The van der Waals surface area contributed by atoms with Crippen LogP contribution >= 0.6 is 0 Å². The molecular formula is C18H23N5O3. The maximum absolute atomic E-state index is 12.1. The second-order valence-electron chi connectivity index (χ2n) is 6.54. The number of H-pyrrole nitrogens is 1. The van der Waals surface area contributed by atoms with Crippen LogP contribution < -0.4 is 11.1 Å². The topological polar surface area (TPSA) is 123 Å². The van der Waals surface area contributed by atoms with E-state index in [2.05, 4.69) is 20.5 Å². The number of aromatic amines is 1. The summed E-state index contributed by atoms with van der Waals surface area (Å²) in [6.45, 7) is 1.77. The Kier molecular flexibility index (Phi) is 5.62. The Bertz CT molecular complexity index is 763. The van der Waals surface area contributed by atoms with Crippen LogP contribution in [-0.2, 0) is 16.0 Å². The molecule has 1 aliphatic rings. The average Bonchev–Trinajstić information content (AvgIpc) is 3.27. The molecule has 1 aromatic carbocycles. The van der Waals surface area contributed by atoms with E-state index in [9.17, 15) is 9.59 Å². The molecule has 3 rings (SSSR count). The van der Waals surface area contributed by atoms with Gasteiger partial charge in [-0.15, -0.1) is 0 Å². The van der Waals surface area contributed by atoms with Gasteiger partial charge in [0.1, 0.15) is 11.9 Å². The van der Waals surface area contributed by atoms with E-state index in [-0.39, 0.29) is 30.4 Å². The van der Waals surface area contributed by atoms with Crippen molar-refractivity contribution in [3.05, 3.63) is 41.5 Å². The summed E-state index contributed by atoms with van der Waals surface area (Å²) in [5.41, 5.74) is 6.76. The van der Waals surface area contributed by atoms with Gasteiger partial charge >= 0.3 is 5.97 Å². The van der Waals surface area contributed by atoms with Gasteiger partial charge in [-0.25, -0.2) is 9.78 Å². The van der Waals surface area contributed by atoms with Crippen LogP contribution in [0.1, 0.15) is 60.7 Å². The molecule has 1 fully saturated rings. The van der Waals surface area contributed by atoms with Gasteiger partial charge in [-0.3, -0.25) is 9.89 Å². The third-order valence-electron chi connectivity index (χ3n) is 4.26. The van der Waals surface area contributed by atoms with Crippen molar-refractivity contribution in [2.75, 3.05) is 5.32 Å². The van der Waals surface area contributed by atoms with Crippen molar-refractivity contribution in [1.82, 2.24) is 15.2 Å². The lowest BCUT2D eigenvalue weighted by atomic mass is 10.2. The number of aromatic nitrogens is 3. The summed E-state index contributed by atoms with van der Waals surface area (Å²) >= 11 is 0. The average molecular weight is 357 g/mol. The molecule has 2 aromatic rings. The smallest absolute Gasteiger partial charge is 0.338 e. The van der Waals surface area contributed by atoms with Gasteiger partial charge in [0.2, 0.25) is 5.91 Å². The van der Waals surface area contributed by atoms with Crippen molar-refractivity contribution in [2.45, 2.75) is 51.2 Å². The maximum Gasteiger partial charge on any atom is 0.338 e. The van der Waals surface area contributed by atoms with Crippen LogP contribution in [0.2, 0.25) is 0 Å². The van der Waals surface area contributed by atoms with Crippen LogP contribution in [0.15, 0.2) is 24.3 Å². The monoisotopic (exact) mass is 357 g/mol. The van der Waals surface area contributed by atoms with E-state index in [1.165, 1.54) is 0 Å². The molecule has 0 spiro atoms. The Hall–Kier alpha value is -2.74. The first-order chi connectivity index (χ1) is 12.5. The van der Waals surface area contributed by atoms with Gasteiger partial charge in [0.05, 0.1) is 18.0 Å². The molecule has 8 nitrogen and oxygen atoms in total. The molecule has 0 saturated heterocycles. The summed E-state index contributed by atoms with van der Waals surface area (Å²) < 4.78 is 5.46. The summed E-state index contributed by atoms with van der Waals surface area (Å²) in [7, 11) is 0. The SMILES string of the molecule is C[C@H](N)c1n[nH]c(CC(=O)Nc2ccc(C(=O)OC3CCCC3)cc2)n1. The summed E-state index contributed by atoms with van der Waals surface area (Å²) in [6, 6.07) is 6.36. The zero-order valence-corrected chi connectivity index (χ0v) is 14.7. The number of anilines is 1. The predicted molar refractivity (Wildman–Crippen MR) is 95.4 cm³/mol. The minimum atomic E-state index is -0.320. The zero-order chi connectivity index (χ0) is 18.5. The summed E-state index contributed by atoms with van der Waals surface area (Å²) in [6.07, 6.45) is 4.19. The van der Waals surface area contributed by atoms with E-state index in [4.69, 9.17) is 10.5 Å². The van der Waals surface area contributed by atoms with Gasteiger partial charge in [0, 0.05) is 5.69 Å². The summed E-state index contributed by atoms with van der Waals surface area (Å²) in [4.78, 5) is 28.3. The highest BCUT2D eigenvalue weighted by Crippen LogP contribution is 2.22. The predicted octanol–water partition coefficient (Wildman–Crippen LogP) is 2.10. The molecule has 1 aromatic heterocycles. The zero-order valence-electron chi connectivity index (χ0n) is 14.7. The number of carbonyl (C=O) groups excluding carboxylic acids is 2. The first-order valence-electron chi connectivity index (χ1n) is 8.79. The van der Waals surface area contributed by atoms with Crippen molar-refractivity contribution in [3.63, 3.8) is 0 Å². The molecule has 1 amide bonds. The normalized spacial score (nSPS) is 15.6. The number of nitrogens with one attached hydrogen (secondary N) is 2. The lowest BCUT2D eigenvalue weighted by Gasteiger charge is -2.11. The number of hydrogen-bond donors (Lipinski definition) is 3. The molecule has 1 atom stereocenters. The van der Waals surface area contributed by atoms with Crippen molar-refractivity contribution < 1.29 is 14.3 Å². The van der Waals surface area contributed by atoms with Crippen molar-refractivity contribution in [3.8, 4) is 0 Å². The maximum atomic E-state index is 12.1. The van der Waals surface area contributed by atoms with Gasteiger partial charge in [-0.05, 0) is 56.9 Å². The quantitative estimate of drug-likeness (QED) is 0.680. The van der Waals surface area contributed by atoms with Gasteiger partial charge < -0.3 is 15.8 Å². The standard InChI is InChI=1S/C18H23N5O3/c1-11(19)17-21-15(22-23-17)10-16(24)20-13-8-6-12(7-9-13)18(25)26-14-4-2-3-5-14/h6-9,11,14H,2-5,10,19H2,1H3,(H,20,24)(H,21,22,23)/t11-/m0/s1. The largest absolute Gasteiger partial charge is 0.459 e. The molecule has 1 aliphatic carbocycles. The second kappa shape index (κ2) is 8.09. The molecule has 8 heteroatoms. The lowest BCUT2D eigenvalue weighted by molar-refractivity contribution is -0.115. The Labute approximate surface area is 151 Å². The minimum Gasteiger partial charge on any atom is -0.459 e. The first-order valence-corrected chi connectivity index (χ1v) is 8.79. The van der Waals surface area contributed by atoms with Crippen molar-refractivity contribution >= 4 is 17.6 Å². The number of amides is 1. The number of nitrogens with two attached hydrogens (primary N) is 1. The molecule has 26 heavy (non-hydrogen) atoms. The van der Waals surface area contributed by atoms with Crippen molar-refractivity contribution in [1.29, 1.82) is 0 Å². The van der Waals surface area contributed by atoms with Gasteiger partial charge in [0.15, 0.2) is 5.82 Å². The molecule has 0 bridgehead atoms. The number of rotatable bonds is 6. The molecule has 138 valence electrons. The van der Waals surface area contributed by atoms with Crippen molar-refractivity contribution in [2.24, 2.45) is 5.73 Å². The summed E-state index contributed by atoms with van der Waals surface area (Å²) in [5.74, 6) is 0.364. The molecule has 0 aliphatic heterocycles. The van der Waals surface area contributed by atoms with E-state index in [0.29, 0.717) is 22.9 Å². The molecule has 0 unspecified atom stereocenters. The number of ether oxygens (including phenoxy) is 1. The molecule has 1 saturated carbocycles. The van der Waals surface area contributed by atoms with Gasteiger partial charge in [-0.2, -0.15) is 5.10 Å². The first kappa shape index (κ1) is 18.1. The fourth-order valence-electron chi connectivity index (χ4n) is 2.87. The Balaban J connectivity index is 1.52. The highest BCUT2D eigenvalue weighted by Gasteiger charge is 2.20. The molecule has 0 radical (unpaired) electrons. The fraction of sp³-hybridized carbons (Fsp3) is 0.444. The van der Waals surface area contributed by atoms with Gasteiger partial charge in [0.25, 0.3) is 0 Å². The van der Waals surface area contributed by atoms with E-state index >= 15 is 0 Å². The minimum absolute atomic E-state index is 0.0323. The highest BCUT2D eigenvalue weighted by atomic mass is 16.5. The van der Waals surface area contributed by atoms with E-state index in [1.54, 1.807) is 31.2 Å². The van der Waals surface area contributed by atoms with Crippen LogP contribution in [0.25, 0.3) is 0 Å². The Morgan fingerprint density at radius 1 is 1.31 bits per heavy atom. The number of esters is 1. The summed E-state index contributed by atoms with van der Waals surface area (Å²) in [5, 5.41) is 9.41. The van der Waals surface area contributed by atoms with E-state index < -0.39 is 0 Å². The number of benzene rings is 1. The highest BCUT2D eigenvalue weighted by molar-refractivity contribution is 5.93. The fourth-order valence-corrected chi connectivity index (χ4v) is 2.87. The van der Waals surface area contributed by atoms with Crippen LogP contribution in [0.5, 0.6) is 0 Å². The Morgan fingerprint density at radius 3 is 2.62 bits per heavy atom. The van der Waals surface area contributed by atoms with Crippen LogP contribution in [-0.4, -0.2) is 33.2 Å². The van der Waals surface area contributed by atoms with Gasteiger partial charge in [-0.1, -0.05) is 0 Å². The van der Waals surface area contributed by atoms with E-state index in [1.807, 2.05) is 0 Å². The third-order valence-corrected chi connectivity index (χ3v) is 4.26. The van der Waals surface area contributed by atoms with E-state index in [0.717, 1.165) is 25.7 Å². The number of nitrogens with zero attached hydrogens (tertiary/aromatic N) is 2. The number of carbonyl (C=O) groups is 2. The molecule has 1 heterocycles. The van der Waals surface area contributed by atoms with Crippen LogP contribution in [0.3, 0.4) is 0 Å². The lowest BCUT2D eigenvalue weighted by Crippen LogP contribution is -2.16. The van der Waals surface area contributed by atoms with Crippen LogP contribution in [0, 0.1) is 0 Å².